The predicted molar refractivity (Wildman–Crippen MR) is 107 cm³/mol. The summed E-state index contributed by atoms with van der Waals surface area (Å²) in [6, 6.07) is 16.3. The van der Waals surface area contributed by atoms with Crippen LogP contribution in [0.1, 0.15) is 5.56 Å². The van der Waals surface area contributed by atoms with Crippen molar-refractivity contribution in [3.05, 3.63) is 71.2 Å². The summed E-state index contributed by atoms with van der Waals surface area (Å²) in [7, 11) is -8.96. The van der Waals surface area contributed by atoms with Crippen molar-refractivity contribution in [3.63, 3.8) is 0 Å². The number of hydrogen-bond donors (Lipinski definition) is 2. The molecule has 0 heterocycles. The molecule has 3 aromatic rings. The minimum Gasteiger partial charge on any atom is -0.323 e. The molecule has 9 heteroatoms. The molecule has 142 valence electrons. The lowest BCUT2D eigenvalue weighted by atomic mass is 10.1. The van der Waals surface area contributed by atoms with Gasteiger partial charge in [0, 0.05) is 10.4 Å². The molecule has 0 aliphatic carbocycles. The minimum absolute atomic E-state index is 0.131. The molecule has 3 aromatic carbocycles. The van der Waals surface area contributed by atoms with E-state index < -0.39 is 23.9 Å². The molecule has 0 spiro atoms. The second-order valence-electron chi connectivity index (χ2n) is 6.12. The molecule has 0 unspecified atom stereocenters. The van der Waals surface area contributed by atoms with Gasteiger partial charge in [-0.2, -0.15) is 0 Å². The topological polar surface area (TPSA) is 94.9 Å². The first kappa shape index (κ1) is 19.9. The molecule has 6 nitrogen and oxygen atoms in total. The van der Waals surface area contributed by atoms with Crippen molar-refractivity contribution in [2.45, 2.75) is 11.8 Å². The van der Waals surface area contributed by atoms with E-state index in [9.17, 15) is 22.8 Å². The highest BCUT2D eigenvalue weighted by Crippen LogP contribution is 2.41. The van der Waals surface area contributed by atoms with Gasteiger partial charge in [0.25, 0.3) is 10.0 Å². The minimum atomic E-state index is -4.69. The van der Waals surface area contributed by atoms with E-state index in [1.165, 1.54) is 18.2 Å². The second kappa shape index (κ2) is 7.26. The van der Waals surface area contributed by atoms with E-state index in [-0.39, 0.29) is 15.6 Å². The summed E-state index contributed by atoms with van der Waals surface area (Å²) in [4.78, 5) is 18.9. The third-order valence-corrected chi connectivity index (χ3v) is 6.75. The first-order valence-electron chi connectivity index (χ1n) is 7.90. The molecule has 0 amide bonds. The van der Waals surface area contributed by atoms with Crippen LogP contribution in [0.5, 0.6) is 0 Å². The lowest BCUT2D eigenvalue weighted by Gasteiger charge is -2.26. The number of fused-ring (bicyclic) bond motifs is 1. The third kappa shape index (κ3) is 4.34. The van der Waals surface area contributed by atoms with Gasteiger partial charge in [0.2, 0.25) is 0 Å². The van der Waals surface area contributed by atoms with Crippen molar-refractivity contribution in [2.24, 2.45) is 0 Å². The highest BCUT2D eigenvalue weighted by atomic mass is 35.5. The molecule has 2 N–H and O–H groups in total. The van der Waals surface area contributed by atoms with Crippen LogP contribution < -0.4 is 4.31 Å². The van der Waals surface area contributed by atoms with E-state index in [1.54, 1.807) is 49.4 Å². The van der Waals surface area contributed by atoms with Crippen molar-refractivity contribution >= 4 is 45.7 Å². The Bertz CT molecular complexity index is 1130. The van der Waals surface area contributed by atoms with E-state index in [0.717, 1.165) is 9.69 Å². The van der Waals surface area contributed by atoms with Crippen LogP contribution in [0.4, 0.5) is 5.69 Å². The Morgan fingerprint density at radius 2 is 1.70 bits per heavy atom. The molecular formula is C18H17ClNO5PS. The molecule has 0 atom stereocenters. The molecule has 0 radical (unpaired) electrons. The van der Waals surface area contributed by atoms with Crippen LogP contribution in [0.2, 0.25) is 5.02 Å². The fraction of sp³-hybridized carbons (Fsp3) is 0.111. The van der Waals surface area contributed by atoms with Gasteiger partial charge in [0.15, 0.2) is 0 Å². The van der Waals surface area contributed by atoms with Gasteiger partial charge in [-0.3, -0.25) is 8.87 Å². The summed E-state index contributed by atoms with van der Waals surface area (Å²) in [5.74, 6) is 0. The van der Waals surface area contributed by atoms with Crippen LogP contribution in [0.25, 0.3) is 10.8 Å². The van der Waals surface area contributed by atoms with Gasteiger partial charge >= 0.3 is 7.60 Å². The SMILES string of the molecule is Cc1cc(Cl)cc(S(=O)(=O)N(CP(=O)(O)O)c2cccc3ccccc23)c1. The van der Waals surface area contributed by atoms with Crippen LogP contribution in [0.3, 0.4) is 0 Å². The highest BCUT2D eigenvalue weighted by Gasteiger charge is 2.32. The number of aryl methyl sites for hydroxylation is 1. The van der Waals surface area contributed by atoms with Crippen LogP contribution >= 0.6 is 19.2 Å². The van der Waals surface area contributed by atoms with Crippen LogP contribution in [-0.2, 0) is 14.6 Å². The van der Waals surface area contributed by atoms with Gasteiger partial charge < -0.3 is 9.79 Å². The molecule has 0 fully saturated rings. The number of nitrogens with zero attached hydrogens (tertiary/aromatic N) is 1. The number of anilines is 1. The van der Waals surface area contributed by atoms with Crippen molar-refractivity contribution < 1.29 is 22.8 Å². The van der Waals surface area contributed by atoms with Crippen molar-refractivity contribution in [1.82, 2.24) is 0 Å². The van der Waals surface area contributed by atoms with Crippen LogP contribution in [0, 0.1) is 6.92 Å². The molecule has 0 saturated carbocycles. The lowest BCUT2D eigenvalue weighted by Crippen LogP contribution is -2.32. The summed E-state index contributed by atoms with van der Waals surface area (Å²) in [6.07, 6.45) is -0.977. The summed E-state index contributed by atoms with van der Waals surface area (Å²) in [5, 5.41) is 1.54. The summed E-state index contributed by atoms with van der Waals surface area (Å²) in [5.41, 5.74) is 0.809. The normalized spacial score (nSPS) is 12.3. The van der Waals surface area contributed by atoms with Gasteiger partial charge in [0.05, 0.1) is 10.6 Å². The van der Waals surface area contributed by atoms with Gasteiger partial charge in [-0.1, -0.05) is 48.0 Å². The molecule has 0 bridgehead atoms. The zero-order valence-corrected chi connectivity index (χ0v) is 16.7. The second-order valence-corrected chi connectivity index (χ2v) is 10.0. The van der Waals surface area contributed by atoms with Gasteiger partial charge in [-0.25, -0.2) is 8.42 Å². The van der Waals surface area contributed by atoms with Crippen LogP contribution in [0.15, 0.2) is 65.6 Å². The average Bonchev–Trinajstić information content (AvgIpc) is 2.57. The third-order valence-electron chi connectivity index (χ3n) is 3.95. The summed E-state index contributed by atoms with van der Waals surface area (Å²) < 4.78 is 39.0. The van der Waals surface area contributed by atoms with E-state index >= 15 is 0 Å². The maximum atomic E-state index is 13.3. The first-order chi connectivity index (χ1) is 12.6. The smallest absolute Gasteiger partial charge is 0.323 e. The zero-order valence-electron chi connectivity index (χ0n) is 14.3. The number of hydrogen-bond acceptors (Lipinski definition) is 3. The quantitative estimate of drug-likeness (QED) is 0.599. The largest absolute Gasteiger partial charge is 0.345 e. The Labute approximate surface area is 162 Å². The van der Waals surface area contributed by atoms with E-state index in [4.69, 9.17) is 11.6 Å². The van der Waals surface area contributed by atoms with E-state index in [2.05, 4.69) is 0 Å². The highest BCUT2D eigenvalue weighted by molar-refractivity contribution is 7.93. The Balaban J connectivity index is 2.26. The number of rotatable bonds is 5. The number of benzene rings is 3. The van der Waals surface area contributed by atoms with E-state index in [1.807, 2.05) is 0 Å². The lowest BCUT2D eigenvalue weighted by molar-refractivity contribution is 0.373. The standard InChI is InChI=1S/C18H17ClNO5PS/c1-13-9-15(19)11-16(10-13)27(24,25)20(12-26(21,22)23)18-8-4-6-14-5-2-3-7-17(14)18/h2-11H,12H2,1H3,(H2,21,22,23). The molecule has 3 rings (SSSR count). The maximum Gasteiger partial charge on any atom is 0.345 e. The molecule has 0 aliphatic rings. The molecule has 0 aliphatic heterocycles. The first-order valence-corrected chi connectivity index (χ1v) is 11.5. The Morgan fingerprint density at radius 3 is 2.37 bits per heavy atom. The zero-order chi connectivity index (χ0) is 19.8. The number of halogens is 1. The van der Waals surface area contributed by atoms with Crippen molar-refractivity contribution in [1.29, 1.82) is 0 Å². The number of sulfonamides is 1. The van der Waals surface area contributed by atoms with Crippen molar-refractivity contribution in [3.8, 4) is 0 Å². The molecule has 27 heavy (non-hydrogen) atoms. The van der Waals surface area contributed by atoms with Gasteiger partial charge in [-0.15, -0.1) is 0 Å². The maximum absolute atomic E-state index is 13.3. The summed E-state index contributed by atoms with van der Waals surface area (Å²) in [6.45, 7) is 1.69. The monoisotopic (exact) mass is 425 g/mol. The van der Waals surface area contributed by atoms with Gasteiger partial charge in [0.1, 0.15) is 6.29 Å². The fourth-order valence-corrected chi connectivity index (χ4v) is 6.04. The van der Waals surface area contributed by atoms with Crippen molar-refractivity contribution in [2.75, 3.05) is 10.6 Å². The Hall–Kier alpha value is -1.89. The van der Waals surface area contributed by atoms with Crippen LogP contribution in [-0.4, -0.2) is 24.5 Å². The molecule has 0 saturated heterocycles. The Kier molecular flexibility index (Phi) is 5.34. The molecule has 0 aromatic heterocycles. The molecular weight excluding hydrogens is 409 g/mol. The fourth-order valence-electron chi connectivity index (χ4n) is 2.85. The predicted octanol–water partition coefficient (Wildman–Crippen LogP) is 4.13. The Morgan fingerprint density at radius 1 is 1.04 bits per heavy atom. The van der Waals surface area contributed by atoms with Gasteiger partial charge in [-0.05, 0) is 42.1 Å². The van der Waals surface area contributed by atoms with E-state index in [0.29, 0.717) is 10.9 Å². The summed E-state index contributed by atoms with van der Waals surface area (Å²) >= 11 is 6.00. The average molecular weight is 426 g/mol.